The van der Waals surface area contributed by atoms with E-state index < -0.39 is 40.7 Å². The minimum Gasteiger partial charge on any atom is -0.394 e. The summed E-state index contributed by atoms with van der Waals surface area (Å²) in [4.78, 5) is 11.9. The number of aliphatic hydroxyl groups excluding tert-OH is 1. The molecule has 1 amide bonds. The van der Waals surface area contributed by atoms with Gasteiger partial charge >= 0.3 is 0 Å². The molecule has 3 N–H and O–H groups in total. The number of aliphatic hydroxyl groups is 1. The Morgan fingerprint density at radius 2 is 1.93 bits per heavy atom. The molecule has 1 aromatic rings. The lowest BCUT2D eigenvalue weighted by Crippen LogP contribution is -2.49. The number of hydrogen-bond acceptors (Lipinski definition) is 5. The fourth-order valence-electron chi connectivity index (χ4n) is 2.99. The minimum absolute atomic E-state index is 0.0870. The van der Waals surface area contributed by atoms with Crippen molar-refractivity contribution in [1.29, 1.82) is 0 Å². The zero-order chi connectivity index (χ0) is 19.4. The van der Waals surface area contributed by atoms with Gasteiger partial charge in [0.25, 0.3) is 0 Å². The molecule has 1 heterocycles. The van der Waals surface area contributed by atoms with Gasteiger partial charge in [-0.2, -0.15) is 0 Å². The lowest BCUT2D eigenvalue weighted by molar-refractivity contribution is -0.126. The van der Waals surface area contributed by atoms with Gasteiger partial charge in [0.05, 0.1) is 30.1 Å². The number of hydrogen-bond donors (Lipinski definition) is 3. The Kier molecular flexibility index (Phi) is 6.25. The van der Waals surface area contributed by atoms with Gasteiger partial charge in [-0.25, -0.2) is 17.5 Å². The fraction of sp³-hybridized carbons (Fsp3) is 0.500. The second-order valence-electron chi connectivity index (χ2n) is 6.78. The number of halogens is 1. The zero-order valence-corrected chi connectivity index (χ0v) is 15.5. The van der Waals surface area contributed by atoms with E-state index in [-0.39, 0.29) is 23.3 Å². The first-order valence-corrected chi connectivity index (χ1v) is 10.4. The molecule has 1 aliphatic heterocycles. The Hall–Kier alpha value is -1.81. The van der Waals surface area contributed by atoms with Gasteiger partial charge in [-0.1, -0.05) is 12.2 Å². The van der Waals surface area contributed by atoms with Gasteiger partial charge in [-0.15, -0.1) is 0 Å². The maximum atomic E-state index is 13.0. The van der Waals surface area contributed by atoms with Crippen LogP contribution in [-0.2, 0) is 19.6 Å². The van der Waals surface area contributed by atoms with E-state index in [0.29, 0.717) is 0 Å². The molecule has 0 aromatic heterocycles. The summed E-state index contributed by atoms with van der Waals surface area (Å²) in [6.45, 7) is -0.415. The van der Waals surface area contributed by atoms with Crippen molar-refractivity contribution in [3.8, 4) is 0 Å². The van der Waals surface area contributed by atoms with Crippen LogP contribution in [0.25, 0.3) is 0 Å². The normalized spacial score (nSPS) is 25.8. The summed E-state index contributed by atoms with van der Waals surface area (Å²) in [5, 5.41) is 12.5. The SMILES string of the molecule is O=C(C[C@@H]1C=C[C@H](NS(=O)(=O)c2ccc(F)cc2)[C@H](CO)O1)NC1CCC1. The van der Waals surface area contributed by atoms with Gasteiger partial charge in [-0.3, -0.25) is 4.79 Å². The molecular weight excluding hydrogens is 375 g/mol. The number of carbonyl (C=O) groups excluding carboxylic acids is 1. The van der Waals surface area contributed by atoms with Gasteiger partial charge in [0.15, 0.2) is 0 Å². The van der Waals surface area contributed by atoms with E-state index in [1.165, 1.54) is 0 Å². The Bertz CT molecular complexity index is 792. The molecule has 3 atom stereocenters. The van der Waals surface area contributed by atoms with Crippen LogP contribution >= 0.6 is 0 Å². The number of nitrogens with one attached hydrogen (secondary N) is 2. The van der Waals surface area contributed by atoms with Gasteiger partial charge in [-0.05, 0) is 43.5 Å². The summed E-state index contributed by atoms with van der Waals surface area (Å²) in [5.74, 6) is -0.664. The number of sulfonamides is 1. The first kappa shape index (κ1) is 19.9. The molecule has 0 bridgehead atoms. The van der Waals surface area contributed by atoms with E-state index in [2.05, 4.69) is 10.0 Å². The molecule has 0 spiro atoms. The van der Waals surface area contributed by atoms with E-state index in [4.69, 9.17) is 4.74 Å². The molecule has 9 heteroatoms. The number of carbonyl (C=O) groups is 1. The molecule has 148 valence electrons. The molecule has 1 saturated carbocycles. The van der Waals surface area contributed by atoms with Crippen molar-refractivity contribution in [3.05, 3.63) is 42.2 Å². The molecule has 0 radical (unpaired) electrons. The van der Waals surface area contributed by atoms with Crippen LogP contribution in [0, 0.1) is 5.82 Å². The van der Waals surface area contributed by atoms with E-state index in [9.17, 15) is 22.7 Å². The molecule has 0 saturated heterocycles. The summed E-state index contributed by atoms with van der Waals surface area (Å²) in [6.07, 6.45) is 5.03. The Morgan fingerprint density at radius 3 is 2.52 bits per heavy atom. The van der Waals surface area contributed by atoms with Crippen LogP contribution in [0.3, 0.4) is 0 Å². The van der Waals surface area contributed by atoms with Crippen molar-refractivity contribution in [3.63, 3.8) is 0 Å². The highest BCUT2D eigenvalue weighted by molar-refractivity contribution is 7.89. The van der Waals surface area contributed by atoms with Gasteiger partial charge in [0, 0.05) is 6.04 Å². The standard InChI is InChI=1S/C18H23FN2O5S/c19-12-4-7-15(8-5-12)27(24,25)21-16-9-6-14(26-17(16)11-22)10-18(23)20-13-2-1-3-13/h4-9,13-14,16-17,21-22H,1-3,10-11H2,(H,20,23)/t14-,16-,17-/m0/s1. The Morgan fingerprint density at radius 1 is 1.22 bits per heavy atom. The highest BCUT2D eigenvalue weighted by Gasteiger charge is 2.32. The maximum Gasteiger partial charge on any atom is 0.241 e. The highest BCUT2D eigenvalue weighted by Crippen LogP contribution is 2.21. The van der Waals surface area contributed by atoms with Crippen molar-refractivity contribution >= 4 is 15.9 Å². The van der Waals surface area contributed by atoms with Crippen molar-refractivity contribution in [2.45, 2.75) is 54.9 Å². The summed E-state index contributed by atoms with van der Waals surface area (Å²) in [7, 11) is -3.91. The monoisotopic (exact) mass is 398 g/mol. The first-order chi connectivity index (χ1) is 12.9. The quantitative estimate of drug-likeness (QED) is 0.591. The average molecular weight is 398 g/mol. The predicted octanol–water partition coefficient (Wildman–Crippen LogP) is 0.847. The number of benzene rings is 1. The molecule has 1 aromatic carbocycles. The van der Waals surface area contributed by atoms with Crippen LogP contribution in [0.5, 0.6) is 0 Å². The second-order valence-corrected chi connectivity index (χ2v) is 8.49. The molecule has 1 fully saturated rings. The van der Waals surface area contributed by atoms with Crippen molar-refractivity contribution in [2.75, 3.05) is 6.61 Å². The third-order valence-corrected chi connectivity index (χ3v) is 6.21. The molecule has 2 aliphatic rings. The van der Waals surface area contributed by atoms with Crippen LogP contribution < -0.4 is 10.0 Å². The summed E-state index contributed by atoms with van der Waals surface area (Å²) in [6, 6.07) is 3.87. The molecule has 0 unspecified atom stereocenters. The fourth-order valence-corrected chi connectivity index (χ4v) is 4.21. The Balaban J connectivity index is 1.62. The molecule has 27 heavy (non-hydrogen) atoms. The summed E-state index contributed by atoms with van der Waals surface area (Å²) in [5.41, 5.74) is 0. The third kappa shape index (κ3) is 5.13. The van der Waals surface area contributed by atoms with Crippen LogP contribution in [0.4, 0.5) is 4.39 Å². The van der Waals surface area contributed by atoms with Crippen LogP contribution in [0.2, 0.25) is 0 Å². The van der Waals surface area contributed by atoms with Crippen LogP contribution in [0.15, 0.2) is 41.3 Å². The van der Waals surface area contributed by atoms with E-state index in [1.54, 1.807) is 12.2 Å². The number of rotatable bonds is 7. The second kappa shape index (κ2) is 8.47. The maximum absolute atomic E-state index is 13.0. The third-order valence-electron chi connectivity index (χ3n) is 4.74. The van der Waals surface area contributed by atoms with E-state index in [0.717, 1.165) is 43.5 Å². The largest absolute Gasteiger partial charge is 0.394 e. The summed E-state index contributed by atoms with van der Waals surface area (Å²) >= 11 is 0. The van der Waals surface area contributed by atoms with Crippen molar-refractivity contribution in [2.24, 2.45) is 0 Å². The lowest BCUT2D eigenvalue weighted by atomic mass is 9.93. The van der Waals surface area contributed by atoms with Crippen molar-refractivity contribution in [1.82, 2.24) is 10.0 Å². The molecule has 3 rings (SSSR count). The number of amides is 1. The molecule has 1 aliphatic carbocycles. The van der Waals surface area contributed by atoms with E-state index in [1.807, 2.05) is 0 Å². The summed E-state index contributed by atoms with van der Waals surface area (Å²) < 4.78 is 45.9. The van der Waals surface area contributed by atoms with Crippen LogP contribution in [0.1, 0.15) is 25.7 Å². The van der Waals surface area contributed by atoms with E-state index >= 15 is 0 Å². The van der Waals surface area contributed by atoms with Crippen molar-refractivity contribution < 1.29 is 27.4 Å². The first-order valence-electron chi connectivity index (χ1n) is 8.89. The predicted molar refractivity (Wildman–Crippen MR) is 95.8 cm³/mol. The Labute approximate surface area is 157 Å². The topological polar surface area (TPSA) is 105 Å². The number of ether oxygens (including phenoxy) is 1. The molecule has 7 nitrogen and oxygen atoms in total. The smallest absolute Gasteiger partial charge is 0.241 e. The molecular formula is C18H23FN2O5S. The lowest BCUT2D eigenvalue weighted by Gasteiger charge is -2.32. The van der Waals surface area contributed by atoms with Gasteiger partial charge < -0.3 is 15.2 Å². The highest BCUT2D eigenvalue weighted by atomic mass is 32.2. The zero-order valence-electron chi connectivity index (χ0n) is 14.7. The average Bonchev–Trinajstić information content (AvgIpc) is 2.59. The minimum atomic E-state index is -3.91. The van der Waals surface area contributed by atoms with Crippen LogP contribution in [-0.4, -0.2) is 50.3 Å². The van der Waals surface area contributed by atoms with Gasteiger partial charge in [0.1, 0.15) is 11.9 Å². The van der Waals surface area contributed by atoms with Gasteiger partial charge in [0.2, 0.25) is 15.9 Å².